The van der Waals surface area contributed by atoms with Crippen molar-refractivity contribution >= 4 is 5.91 Å². The fourth-order valence-electron chi connectivity index (χ4n) is 4.25. The first-order chi connectivity index (χ1) is 11.8. The molecule has 4 rings (SSSR count). The van der Waals surface area contributed by atoms with E-state index in [9.17, 15) is 4.79 Å². The zero-order valence-electron chi connectivity index (χ0n) is 13.8. The Morgan fingerprint density at radius 1 is 1.29 bits per heavy atom. The average molecular weight is 324 g/mol. The molecule has 3 N–H and O–H groups in total. The maximum Gasteiger partial charge on any atom is 0.226 e. The van der Waals surface area contributed by atoms with Crippen LogP contribution in [0.25, 0.3) is 0 Å². The Labute approximate surface area is 142 Å². The lowest BCUT2D eigenvalue weighted by Crippen LogP contribution is -2.37. The molecule has 2 aliphatic rings. The second-order valence-corrected chi connectivity index (χ2v) is 7.07. The second-order valence-electron chi connectivity index (χ2n) is 7.07. The van der Waals surface area contributed by atoms with E-state index in [1.165, 1.54) is 11.1 Å². The van der Waals surface area contributed by atoms with Gasteiger partial charge in [-0.2, -0.15) is 5.10 Å². The number of likely N-dealkylation sites (tertiary alicyclic amines) is 1. The van der Waals surface area contributed by atoms with Crippen LogP contribution < -0.4 is 5.73 Å². The van der Waals surface area contributed by atoms with Gasteiger partial charge in [-0.1, -0.05) is 30.3 Å². The van der Waals surface area contributed by atoms with Gasteiger partial charge >= 0.3 is 0 Å². The Bertz CT molecular complexity index is 711. The minimum Gasteiger partial charge on any atom is -0.341 e. The number of carbonyl (C=O) groups is 1. The number of hydrogen-bond acceptors (Lipinski definition) is 3. The number of nitrogens with one attached hydrogen (secondary N) is 1. The van der Waals surface area contributed by atoms with Gasteiger partial charge in [-0.05, 0) is 36.4 Å². The molecule has 5 nitrogen and oxygen atoms in total. The number of nitrogens with zero attached hydrogens (tertiary/aromatic N) is 2. The van der Waals surface area contributed by atoms with E-state index in [1.54, 1.807) is 0 Å². The summed E-state index contributed by atoms with van der Waals surface area (Å²) >= 11 is 0. The van der Waals surface area contributed by atoms with Gasteiger partial charge in [0.2, 0.25) is 5.91 Å². The fourth-order valence-corrected chi connectivity index (χ4v) is 4.25. The predicted molar refractivity (Wildman–Crippen MR) is 92.4 cm³/mol. The van der Waals surface area contributed by atoms with Crippen LogP contribution in [0.3, 0.4) is 0 Å². The van der Waals surface area contributed by atoms with Crippen LogP contribution in [0, 0.1) is 11.8 Å². The van der Waals surface area contributed by atoms with Crippen molar-refractivity contribution in [1.29, 1.82) is 0 Å². The molecule has 126 valence electrons. The average Bonchev–Trinajstić information content (AvgIpc) is 3.27. The third kappa shape index (κ3) is 2.73. The number of nitrogens with two attached hydrogens (primary N) is 1. The van der Waals surface area contributed by atoms with Gasteiger partial charge in [0, 0.05) is 37.0 Å². The molecule has 1 aliphatic carbocycles. The number of aryl methyl sites for hydroxylation is 1. The lowest BCUT2D eigenvalue weighted by molar-refractivity contribution is -0.135. The van der Waals surface area contributed by atoms with Gasteiger partial charge in [-0.25, -0.2) is 0 Å². The SMILES string of the molecule is NC[C@@H]1CN(C(=O)C2CCc3cn[nH]c3C2)C[C@H]1c1ccccc1. The molecule has 0 bridgehead atoms. The van der Waals surface area contributed by atoms with Crippen molar-refractivity contribution in [3.8, 4) is 0 Å². The molecule has 5 heteroatoms. The minimum absolute atomic E-state index is 0.0749. The number of aromatic amines is 1. The lowest BCUT2D eigenvalue weighted by atomic mass is 9.87. The van der Waals surface area contributed by atoms with E-state index in [2.05, 4.69) is 34.5 Å². The smallest absolute Gasteiger partial charge is 0.226 e. The first-order valence-corrected chi connectivity index (χ1v) is 8.81. The summed E-state index contributed by atoms with van der Waals surface area (Å²) in [6.07, 6.45) is 4.54. The number of benzene rings is 1. The molecule has 1 aliphatic heterocycles. The summed E-state index contributed by atoms with van der Waals surface area (Å²) in [4.78, 5) is 15.1. The van der Waals surface area contributed by atoms with E-state index in [1.807, 2.05) is 17.2 Å². The van der Waals surface area contributed by atoms with Gasteiger partial charge in [0.1, 0.15) is 0 Å². The minimum atomic E-state index is 0.0749. The Hall–Kier alpha value is -2.14. The van der Waals surface area contributed by atoms with Crippen LogP contribution in [0.2, 0.25) is 0 Å². The summed E-state index contributed by atoms with van der Waals surface area (Å²) in [6, 6.07) is 10.5. The summed E-state index contributed by atoms with van der Waals surface area (Å²) in [5, 5.41) is 7.15. The van der Waals surface area contributed by atoms with Crippen LogP contribution in [0.5, 0.6) is 0 Å². The Balaban J connectivity index is 1.48. The molecule has 0 saturated carbocycles. The molecule has 1 aromatic carbocycles. The van der Waals surface area contributed by atoms with Crippen molar-refractivity contribution in [2.45, 2.75) is 25.2 Å². The normalized spacial score (nSPS) is 26.4. The number of rotatable bonds is 3. The number of carbonyl (C=O) groups excluding carboxylic acids is 1. The molecule has 1 unspecified atom stereocenters. The van der Waals surface area contributed by atoms with E-state index in [0.29, 0.717) is 18.4 Å². The van der Waals surface area contributed by atoms with E-state index < -0.39 is 0 Å². The number of amides is 1. The van der Waals surface area contributed by atoms with Gasteiger partial charge < -0.3 is 10.6 Å². The number of fused-ring (bicyclic) bond motifs is 1. The Morgan fingerprint density at radius 2 is 2.12 bits per heavy atom. The van der Waals surface area contributed by atoms with Crippen molar-refractivity contribution in [1.82, 2.24) is 15.1 Å². The zero-order chi connectivity index (χ0) is 16.5. The highest BCUT2D eigenvalue weighted by Gasteiger charge is 2.38. The maximum atomic E-state index is 13.0. The Kier molecular flexibility index (Phi) is 4.10. The van der Waals surface area contributed by atoms with E-state index >= 15 is 0 Å². The van der Waals surface area contributed by atoms with Crippen LogP contribution in [0.15, 0.2) is 36.5 Å². The van der Waals surface area contributed by atoms with E-state index in [0.717, 1.165) is 38.0 Å². The monoisotopic (exact) mass is 324 g/mol. The molecule has 0 spiro atoms. The van der Waals surface area contributed by atoms with Gasteiger partial charge in [0.15, 0.2) is 0 Å². The number of H-pyrrole nitrogens is 1. The molecular formula is C19H24N4O. The molecule has 2 heterocycles. The molecule has 3 atom stereocenters. The molecule has 0 radical (unpaired) electrons. The van der Waals surface area contributed by atoms with Crippen LogP contribution in [-0.2, 0) is 17.6 Å². The van der Waals surface area contributed by atoms with Gasteiger partial charge in [-0.3, -0.25) is 9.89 Å². The third-order valence-corrected chi connectivity index (χ3v) is 5.65. The molecular weight excluding hydrogens is 300 g/mol. The number of hydrogen-bond donors (Lipinski definition) is 2. The van der Waals surface area contributed by atoms with E-state index in [4.69, 9.17) is 5.73 Å². The fraction of sp³-hybridized carbons (Fsp3) is 0.474. The van der Waals surface area contributed by atoms with Crippen molar-refractivity contribution in [2.24, 2.45) is 17.6 Å². The van der Waals surface area contributed by atoms with Crippen LogP contribution >= 0.6 is 0 Å². The van der Waals surface area contributed by atoms with Crippen LogP contribution in [0.4, 0.5) is 0 Å². The molecule has 1 fully saturated rings. The van der Waals surface area contributed by atoms with Crippen LogP contribution in [0.1, 0.15) is 29.2 Å². The van der Waals surface area contributed by atoms with Gasteiger partial charge in [0.05, 0.1) is 6.20 Å². The zero-order valence-corrected chi connectivity index (χ0v) is 13.8. The Morgan fingerprint density at radius 3 is 2.92 bits per heavy atom. The largest absolute Gasteiger partial charge is 0.341 e. The molecule has 24 heavy (non-hydrogen) atoms. The first kappa shape index (κ1) is 15.4. The predicted octanol–water partition coefficient (Wildman–Crippen LogP) is 1.72. The molecule has 1 amide bonds. The van der Waals surface area contributed by atoms with Gasteiger partial charge in [-0.15, -0.1) is 0 Å². The molecule has 2 aromatic rings. The highest BCUT2D eigenvalue weighted by molar-refractivity contribution is 5.80. The van der Waals surface area contributed by atoms with Crippen LogP contribution in [-0.4, -0.2) is 40.6 Å². The standard InChI is InChI=1S/C19H24N4O/c20-9-16-11-23(12-17(16)13-4-2-1-3-5-13)19(24)14-6-7-15-10-21-22-18(15)8-14/h1-5,10,14,16-17H,6-9,11-12,20H2,(H,21,22)/t14?,16-,17+/m1/s1. The van der Waals surface area contributed by atoms with Crippen molar-refractivity contribution in [3.63, 3.8) is 0 Å². The molecule has 1 aromatic heterocycles. The highest BCUT2D eigenvalue weighted by atomic mass is 16.2. The topological polar surface area (TPSA) is 75.0 Å². The highest BCUT2D eigenvalue weighted by Crippen LogP contribution is 2.34. The molecule has 1 saturated heterocycles. The first-order valence-electron chi connectivity index (χ1n) is 8.81. The van der Waals surface area contributed by atoms with E-state index in [-0.39, 0.29) is 11.8 Å². The quantitative estimate of drug-likeness (QED) is 0.902. The maximum absolute atomic E-state index is 13.0. The summed E-state index contributed by atoms with van der Waals surface area (Å²) in [5.41, 5.74) is 9.69. The summed E-state index contributed by atoms with van der Waals surface area (Å²) in [5.74, 6) is 1.06. The third-order valence-electron chi connectivity index (χ3n) is 5.65. The van der Waals surface area contributed by atoms with Crippen molar-refractivity contribution in [2.75, 3.05) is 19.6 Å². The summed E-state index contributed by atoms with van der Waals surface area (Å²) in [7, 11) is 0. The van der Waals surface area contributed by atoms with Crippen molar-refractivity contribution in [3.05, 3.63) is 53.3 Å². The van der Waals surface area contributed by atoms with Gasteiger partial charge in [0.25, 0.3) is 0 Å². The summed E-state index contributed by atoms with van der Waals surface area (Å²) < 4.78 is 0. The summed E-state index contributed by atoms with van der Waals surface area (Å²) in [6.45, 7) is 2.19. The van der Waals surface area contributed by atoms with Crippen molar-refractivity contribution < 1.29 is 4.79 Å². The lowest BCUT2D eigenvalue weighted by Gasteiger charge is -2.26. The second kappa shape index (κ2) is 6.40. The number of aromatic nitrogens is 2.